The van der Waals surface area contributed by atoms with E-state index in [4.69, 9.17) is 9.84 Å². The molecule has 0 bridgehead atoms. The lowest BCUT2D eigenvalue weighted by atomic mass is 9.98. The molecule has 166 valence electrons. The highest BCUT2D eigenvalue weighted by molar-refractivity contribution is 5.83. The van der Waals surface area contributed by atoms with Crippen LogP contribution in [0.1, 0.15) is 29.9 Å². The maximum absolute atomic E-state index is 12.6. The second kappa shape index (κ2) is 8.30. The molecule has 3 atom stereocenters. The first-order chi connectivity index (χ1) is 15.5. The first-order valence-corrected chi connectivity index (χ1v) is 11.1. The molecule has 0 spiro atoms. The number of nitrogens with one attached hydrogen (secondary N) is 1. The van der Waals surface area contributed by atoms with E-state index < -0.39 is 18.0 Å². The fourth-order valence-corrected chi connectivity index (χ4v) is 5.04. The zero-order valence-electron chi connectivity index (χ0n) is 17.7. The standard InChI is InChI=1S/C25H26N2O5/c28-23(27-10-9-15(13-27)24(29)30)21-11-16(21)12-26-25(31)32-14-22-19-7-3-1-5-17(19)18-6-2-4-8-20(18)22/h1-8,15-16,21-22H,9-14H2,(H,26,31)(H,29,30). The number of carbonyl (C=O) groups is 3. The zero-order valence-corrected chi connectivity index (χ0v) is 17.7. The minimum Gasteiger partial charge on any atom is -0.481 e. The fraction of sp³-hybridized carbons (Fsp3) is 0.400. The molecule has 3 unspecified atom stereocenters. The fourth-order valence-electron chi connectivity index (χ4n) is 5.04. The van der Waals surface area contributed by atoms with E-state index in [1.165, 1.54) is 22.3 Å². The van der Waals surface area contributed by atoms with Gasteiger partial charge in [0.1, 0.15) is 6.61 Å². The van der Waals surface area contributed by atoms with Crippen LogP contribution in [0, 0.1) is 17.8 Å². The second-order valence-electron chi connectivity index (χ2n) is 8.92. The predicted molar refractivity (Wildman–Crippen MR) is 117 cm³/mol. The molecule has 0 aromatic heterocycles. The number of carboxylic acid groups (broad SMARTS) is 1. The summed E-state index contributed by atoms with van der Waals surface area (Å²) in [5.41, 5.74) is 4.70. The van der Waals surface area contributed by atoms with Gasteiger partial charge in [0, 0.05) is 31.5 Å². The van der Waals surface area contributed by atoms with E-state index in [1.807, 2.05) is 24.3 Å². The van der Waals surface area contributed by atoms with Crippen molar-refractivity contribution in [3.8, 4) is 11.1 Å². The number of nitrogens with zero attached hydrogens (tertiary/aromatic N) is 1. The smallest absolute Gasteiger partial charge is 0.407 e. The Morgan fingerprint density at radius 2 is 1.69 bits per heavy atom. The molecule has 2 amide bonds. The first kappa shape index (κ1) is 20.5. The van der Waals surface area contributed by atoms with Gasteiger partial charge in [-0.2, -0.15) is 0 Å². The quantitative estimate of drug-likeness (QED) is 0.728. The van der Waals surface area contributed by atoms with Gasteiger partial charge < -0.3 is 20.1 Å². The van der Waals surface area contributed by atoms with Crippen molar-refractivity contribution in [3.63, 3.8) is 0 Å². The molecule has 2 N–H and O–H groups in total. The number of benzene rings is 2. The van der Waals surface area contributed by atoms with Gasteiger partial charge in [-0.15, -0.1) is 0 Å². The van der Waals surface area contributed by atoms with Crippen molar-refractivity contribution in [3.05, 3.63) is 59.7 Å². The second-order valence-corrected chi connectivity index (χ2v) is 8.92. The van der Waals surface area contributed by atoms with E-state index in [-0.39, 0.29) is 36.8 Å². The zero-order chi connectivity index (χ0) is 22.2. The SMILES string of the molecule is O=C(NCC1CC1C(=O)N1CCC(C(=O)O)C1)OCC1c2ccccc2-c2ccccc21. The number of hydrogen-bond donors (Lipinski definition) is 2. The van der Waals surface area contributed by atoms with Gasteiger partial charge in [0.25, 0.3) is 0 Å². The molecular weight excluding hydrogens is 408 g/mol. The maximum atomic E-state index is 12.6. The lowest BCUT2D eigenvalue weighted by Gasteiger charge is -2.16. The predicted octanol–water partition coefficient (Wildman–Crippen LogP) is 3.09. The summed E-state index contributed by atoms with van der Waals surface area (Å²) in [6.45, 7) is 1.44. The molecule has 2 aromatic carbocycles. The Balaban J connectivity index is 1.10. The summed E-state index contributed by atoms with van der Waals surface area (Å²) in [4.78, 5) is 37.6. The van der Waals surface area contributed by atoms with Crippen LogP contribution in [-0.2, 0) is 14.3 Å². The van der Waals surface area contributed by atoms with Crippen LogP contribution in [0.3, 0.4) is 0 Å². The Bertz CT molecular complexity index is 1020. The number of fused-ring (bicyclic) bond motifs is 3. The molecule has 7 heteroatoms. The number of aliphatic carboxylic acids is 1. The lowest BCUT2D eigenvalue weighted by Crippen LogP contribution is -2.33. The Morgan fingerprint density at radius 1 is 1.03 bits per heavy atom. The van der Waals surface area contributed by atoms with E-state index in [9.17, 15) is 14.4 Å². The third-order valence-corrected chi connectivity index (χ3v) is 6.94. The van der Waals surface area contributed by atoms with Crippen LogP contribution in [-0.4, -0.2) is 54.2 Å². The molecule has 1 heterocycles. The molecule has 2 fully saturated rings. The number of carbonyl (C=O) groups excluding carboxylic acids is 2. The average molecular weight is 434 g/mol. The van der Waals surface area contributed by atoms with Crippen LogP contribution in [0.15, 0.2) is 48.5 Å². The molecule has 3 aliphatic rings. The molecule has 1 saturated carbocycles. The van der Waals surface area contributed by atoms with Crippen LogP contribution in [0.2, 0.25) is 0 Å². The molecule has 32 heavy (non-hydrogen) atoms. The van der Waals surface area contributed by atoms with Crippen LogP contribution in [0.5, 0.6) is 0 Å². The van der Waals surface area contributed by atoms with Crippen molar-refractivity contribution in [2.45, 2.75) is 18.8 Å². The van der Waals surface area contributed by atoms with E-state index in [0.29, 0.717) is 19.5 Å². The number of ether oxygens (including phenoxy) is 1. The van der Waals surface area contributed by atoms with Gasteiger partial charge in [-0.25, -0.2) is 4.79 Å². The van der Waals surface area contributed by atoms with Gasteiger partial charge in [-0.3, -0.25) is 9.59 Å². The monoisotopic (exact) mass is 434 g/mol. The van der Waals surface area contributed by atoms with E-state index in [1.54, 1.807) is 4.90 Å². The minimum absolute atomic E-state index is 0.00749. The number of amides is 2. The number of hydrogen-bond acceptors (Lipinski definition) is 4. The molecule has 1 aliphatic heterocycles. The van der Waals surface area contributed by atoms with Gasteiger partial charge in [0.2, 0.25) is 5.91 Å². The van der Waals surface area contributed by atoms with Crippen molar-refractivity contribution < 1.29 is 24.2 Å². The molecule has 2 aromatic rings. The van der Waals surface area contributed by atoms with Gasteiger partial charge in [-0.1, -0.05) is 48.5 Å². The topological polar surface area (TPSA) is 95.9 Å². The van der Waals surface area contributed by atoms with Crippen LogP contribution < -0.4 is 5.32 Å². The normalized spacial score (nSPS) is 23.4. The van der Waals surface area contributed by atoms with Crippen molar-refractivity contribution in [1.82, 2.24) is 10.2 Å². The molecule has 5 rings (SSSR count). The van der Waals surface area contributed by atoms with Gasteiger partial charge in [0.15, 0.2) is 0 Å². The third-order valence-electron chi connectivity index (χ3n) is 6.94. The highest BCUT2D eigenvalue weighted by Crippen LogP contribution is 2.44. The van der Waals surface area contributed by atoms with E-state index in [0.717, 1.165) is 6.42 Å². The Hall–Kier alpha value is -3.35. The van der Waals surface area contributed by atoms with Crippen molar-refractivity contribution in [2.75, 3.05) is 26.2 Å². The van der Waals surface area contributed by atoms with Crippen LogP contribution >= 0.6 is 0 Å². The highest BCUT2D eigenvalue weighted by Gasteiger charge is 2.46. The number of carboxylic acids is 1. The van der Waals surface area contributed by atoms with Crippen LogP contribution in [0.25, 0.3) is 11.1 Å². The largest absolute Gasteiger partial charge is 0.481 e. The highest BCUT2D eigenvalue weighted by atomic mass is 16.5. The van der Waals surface area contributed by atoms with Gasteiger partial charge in [-0.05, 0) is 41.0 Å². The molecule has 0 radical (unpaired) electrons. The summed E-state index contributed by atoms with van der Waals surface area (Å²) in [6, 6.07) is 16.4. The Kier molecular flexibility index (Phi) is 5.33. The lowest BCUT2D eigenvalue weighted by molar-refractivity contribution is -0.141. The Morgan fingerprint density at radius 3 is 2.31 bits per heavy atom. The molecule has 7 nitrogen and oxygen atoms in total. The summed E-state index contributed by atoms with van der Waals surface area (Å²) in [5, 5.41) is 11.9. The number of alkyl carbamates (subject to hydrolysis) is 1. The maximum Gasteiger partial charge on any atom is 0.407 e. The average Bonchev–Trinajstić information content (AvgIpc) is 3.27. The number of rotatable bonds is 6. The Labute approximate surface area is 186 Å². The van der Waals surface area contributed by atoms with Crippen LogP contribution in [0.4, 0.5) is 4.79 Å². The van der Waals surface area contributed by atoms with Gasteiger partial charge >= 0.3 is 12.1 Å². The summed E-state index contributed by atoms with van der Waals surface area (Å²) in [5.74, 6) is -1.32. The molecule has 1 saturated heterocycles. The van der Waals surface area contributed by atoms with Crippen molar-refractivity contribution >= 4 is 18.0 Å². The summed E-state index contributed by atoms with van der Waals surface area (Å²) >= 11 is 0. The number of likely N-dealkylation sites (tertiary alicyclic amines) is 1. The van der Waals surface area contributed by atoms with Gasteiger partial charge in [0.05, 0.1) is 5.92 Å². The van der Waals surface area contributed by atoms with E-state index in [2.05, 4.69) is 29.6 Å². The van der Waals surface area contributed by atoms with Crippen molar-refractivity contribution in [2.24, 2.45) is 17.8 Å². The molecular formula is C25H26N2O5. The van der Waals surface area contributed by atoms with Crippen molar-refractivity contribution in [1.29, 1.82) is 0 Å². The van der Waals surface area contributed by atoms with E-state index >= 15 is 0 Å². The first-order valence-electron chi connectivity index (χ1n) is 11.1. The summed E-state index contributed by atoms with van der Waals surface area (Å²) < 4.78 is 5.54. The third kappa shape index (κ3) is 3.83. The summed E-state index contributed by atoms with van der Waals surface area (Å²) in [6.07, 6.45) is 0.754. The minimum atomic E-state index is -0.843. The summed E-state index contributed by atoms with van der Waals surface area (Å²) in [7, 11) is 0. The molecule has 2 aliphatic carbocycles.